The van der Waals surface area contributed by atoms with Crippen LogP contribution in [0, 0.1) is 35.0 Å². The van der Waals surface area contributed by atoms with E-state index >= 15 is 0 Å². The van der Waals surface area contributed by atoms with Crippen LogP contribution < -0.4 is 15.2 Å². The van der Waals surface area contributed by atoms with Gasteiger partial charge in [0.2, 0.25) is 10.0 Å². The summed E-state index contributed by atoms with van der Waals surface area (Å²) in [7, 11) is -3.64. The summed E-state index contributed by atoms with van der Waals surface area (Å²) in [5.41, 5.74) is -1.08. The van der Waals surface area contributed by atoms with Gasteiger partial charge in [0.1, 0.15) is 0 Å². The summed E-state index contributed by atoms with van der Waals surface area (Å²) in [5.74, 6) is 0.432. The van der Waals surface area contributed by atoms with Crippen molar-refractivity contribution in [1.29, 1.82) is 5.26 Å². The van der Waals surface area contributed by atoms with Crippen LogP contribution in [0.4, 0.5) is 4.39 Å². The molecule has 7 nitrogen and oxygen atoms in total. The molecule has 30 heavy (non-hydrogen) atoms. The van der Waals surface area contributed by atoms with E-state index in [0.717, 1.165) is 12.8 Å². The molecule has 1 aromatic carbocycles. The third-order valence-electron chi connectivity index (χ3n) is 7.00. The van der Waals surface area contributed by atoms with Crippen molar-refractivity contribution in [1.82, 2.24) is 5.32 Å². The van der Waals surface area contributed by atoms with Crippen molar-refractivity contribution in [3.8, 4) is 11.9 Å². The summed E-state index contributed by atoms with van der Waals surface area (Å²) < 4.78 is 43.8. The van der Waals surface area contributed by atoms with Crippen molar-refractivity contribution in [2.75, 3.05) is 0 Å². The Hall–Kier alpha value is -2.18. The van der Waals surface area contributed by atoms with Gasteiger partial charge in [0, 0.05) is 0 Å². The number of sulfonamides is 1. The van der Waals surface area contributed by atoms with Gasteiger partial charge in [0.25, 0.3) is 0 Å². The second kappa shape index (κ2) is 7.20. The van der Waals surface area contributed by atoms with E-state index in [4.69, 9.17) is 14.9 Å². The molecule has 0 saturated heterocycles. The Morgan fingerprint density at radius 2 is 1.93 bits per heavy atom. The van der Waals surface area contributed by atoms with Crippen LogP contribution in [0.3, 0.4) is 0 Å². The molecule has 5 rings (SSSR count). The lowest BCUT2D eigenvalue weighted by atomic mass is 9.54. The molecule has 4 aliphatic rings. The average Bonchev–Trinajstić information content (AvgIpc) is 2.64. The molecule has 0 aromatic heterocycles. The zero-order valence-electron chi connectivity index (χ0n) is 17.1. The van der Waals surface area contributed by atoms with Gasteiger partial charge in [0.05, 0.1) is 10.8 Å². The molecule has 9 heteroatoms. The SMILES string of the molecule is CC(C)(Oc1ccccc1F)C(=NC1C2CC3CC1CC(S(N)(=O)=O)(C3)C2)NC#N. The molecule has 0 heterocycles. The number of primary sulfonamides is 1. The third-order valence-corrected chi connectivity index (χ3v) is 8.70. The van der Waals surface area contributed by atoms with Crippen molar-refractivity contribution < 1.29 is 17.5 Å². The van der Waals surface area contributed by atoms with E-state index < -0.39 is 26.2 Å². The molecule has 0 radical (unpaired) electrons. The van der Waals surface area contributed by atoms with E-state index in [0.29, 0.717) is 31.0 Å². The smallest absolute Gasteiger partial charge is 0.214 e. The number of halogens is 1. The van der Waals surface area contributed by atoms with E-state index in [2.05, 4.69) is 5.32 Å². The Balaban J connectivity index is 1.63. The Labute approximate surface area is 176 Å². The fourth-order valence-electron chi connectivity index (χ4n) is 5.87. The van der Waals surface area contributed by atoms with Crippen molar-refractivity contribution in [2.24, 2.45) is 27.9 Å². The fraction of sp³-hybridized carbons (Fsp3) is 0.619. The monoisotopic (exact) mass is 434 g/mol. The highest BCUT2D eigenvalue weighted by Crippen LogP contribution is 2.59. The molecule has 4 bridgehead atoms. The molecule has 2 unspecified atom stereocenters. The van der Waals surface area contributed by atoms with Gasteiger partial charge >= 0.3 is 0 Å². The number of hydrogen-bond acceptors (Lipinski definition) is 5. The fourth-order valence-corrected chi connectivity index (χ4v) is 7.23. The minimum atomic E-state index is -3.64. The number of nitrogens with two attached hydrogens (primary N) is 1. The topological polar surface area (TPSA) is 118 Å². The van der Waals surface area contributed by atoms with Crippen LogP contribution in [0.15, 0.2) is 29.3 Å². The number of benzene rings is 1. The first kappa shape index (κ1) is 21.1. The number of ether oxygens (including phenoxy) is 1. The summed E-state index contributed by atoms with van der Waals surface area (Å²) in [6, 6.07) is 5.97. The molecule has 4 saturated carbocycles. The van der Waals surface area contributed by atoms with Gasteiger partial charge in [-0.1, -0.05) is 12.1 Å². The molecule has 4 fully saturated rings. The lowest BCUT2D eigenvalue weighted by Gasteiger charge is -2.57. The Morgan fingerprint density at radius 3 is 2.50 bits per heavy atom. The molecule has 2 atom stereocenters. The van der Waals surface area contributed by atoms with Crippen LogP contribution >= 0.6 is 0 Å². The number of para-hydroxylation sites is 1. The highest BCUT2D eigenvalue weighted by Gasteiger charge is 2.60. The molecule has 0 aliphatic heterocycles. The maximum Gasteiger partial charge on any atom is 0.214 e. The van der Waals surface area contributed by atoms with Gasteiger partial charge < -0.3 is 4.74 Å². The number of rotatable bonds is 5. The van der Waals surface area contributed by atoms with Crippen molar-refractivity contribution in [3.63, 3.8) is 0 Å². The maximum absolute atomic E-state index is 14.1. The summed E-state index contributed by atoms with van der Waals surface area (Å²) in [6.07, 6.45) is 5.38. The second-order valence-corrected chi connectivity index (χ2v) is 11.4. The Bertz CT molecular complexity index is 1000. The van der Waals surface area contributed by atoms with E-state index in [1.807, 2.05) is 6.19 Å². The second-order valence-electron chi connectivity index (χ2n) is 9.45. The lowest BCUT2D eigenvalue weighted by molar-refractivity contribution is 0.0138. The van der Waals surface area contributed by atoms with Gasteiger partial charge in [-0.25, -0.2) is 17.9 Å². The van der Waals surface area contributed by atoms with Gasteiger partial charge in [-0.15, -0.1) is 0 Å². The normalized spacial score (nSPS) is 33.2. The van der Waals surface area contributed by atoms with Crippen LogP contribution in [0.5, 0.6) is 5.75 Å². The molecule has 1 aromatic rings. The molecular formula is C21H27FN4O3S. The Kier molecular flexibility index (Phi) is 5.06. The first-order chi connectivity index (χ1) is 14.0. The largest absolute Gasteiger partial charge is 0.477 e. The summed E-state index contributed by atoms with van der Waals surface area (Å²) >= 11 is 0. The number of nitrogens with zero attached hydrogens (tertiary/aromatic N) is 2. The zero-order chi connectivity index (χ0) is 21.7. The summed E-state index contributed by atoms with van der Waals surface area (Å²) in [6.45, 7) is 3.45. The first-order valence-electron chi connectivity index (χ1n) is 10.2. The minimum Gasteiger partial charge on any atom is -0.477 e. The van der Waals surface area contributed by atoms with E-state index in [9.17, 15) is 18.1 Å². The van der Waals surface area contributed by atoms with Crippen molar-refractivity contribution in [3.05, 3.63) is 30.1 Å². The molecule has 0 spiro atoms. The van der Waals surface area contributed by atoms with E-state index in [-0.39, 0.29) is 23.6 Å². The number of amidine groups is 1. The summed E-state index contributed by atoms with van der Waals surface area (Å²) in [5, 5.41) is 17.5. The first-order valence-corrected chi connectivity index (χ1v) is 11.8. The predicted molar refractivity (Wildman–Crippen MR) is 110 cm³/mol. The van der Waals surface area contributed by atoms with Crippen LogP contribution in [0.1, 0.15) is 46.0 Å². The quantitative estimate of drug-likeness (QED) is 0.320. The number of aliphatic imine (C=N–C) groups is 1. The number of nitrogens with one attached hydrogen (secondary N) is 1. The molecule has 162 valence electrons. The molecule has 0 amide bonds. The number of nitriles is 1. The van der Waals surface area contributed by atoms with Gasteiger partial charge in [0.15, 0.2) is 29.2 Å². The molecule has 3 N–H and O–H groups in total. The van der Waals surface area contributed by atoms with Crippen molar-refractivity contribution in [2.45, 2.75) is 62.3 Å². The van der Waals surface area contributed by atoms with E-state index in [1.54, 1.807) is 26.0 Å². The van der Waals surface area contributed by atoms with Crippen LogP contribution in [0.2, 0.25) is 0 Å². The minimum absolute atomic E-state index is 0.0770. The maximum atomic E-state index is 14.1. The number of hydrogen-bond donors (Lipinski definition) is 2. The Morgan fingerprint density at radius 1 is 1.30 bits per heavy atom. The summed E-state index contributed by atoms with van der Waals surface area (Å²) in [4.78, 5) is 4.88. The molecular weight excluding hydrogens is 407 g/mol. The van der Waals surface area contributed by atoms with Gasteiger partial charge in [-0.2, -0.15) is 5.26 Å². The third kappa shape index (κ3) is 3.56. The van der Waals surface area contributed by atoms with Gasteiger partial charge in [-0.05, 0) is 75.8 Å². The average molecular weight is 435 g/mol. The van der Waals surface area contributed by atoms with Crippen molar-refractivity contribution >= 4 is 15.9 Å². The predicted octanol–water partition coefficient (Wildman–Crippen LogP) is 2.69. The highest BCUT2D eigenvalue weighted by atomic mass is 32.2. The molecule has 4 aliphatic carbocycles. The van der Waals surface area contributed by atoms with Crippen LogP contribution in [-0.4, -0.2) is 30.6 Å². The zero-order valence-corrected chi connectivity index (χ0v) is 18.0. The highest BCUT2D eigenvalue weighted by molar-refractivity contribution is 7.90. The van der Waals surface area contributed by atoms with Crippen LogP contribution in [0.25, 0.3) is 0 Å². The van der Waals surface area contributed by atoms with Gasteiger partial charge in [-0.3, -0.25) is 10.3 Å². The van der Waals surface area contributed by atoms with Crippen LogP contribution in [-0.2, 0) is 10.0 Å². The standard InChI is InChI=1S/C21H27FN4O3S/c1-20(2,29-17-6-4-3-5-16(17)22)19(25-12-23)26-18-14-7-13-8-15(18)11-21(9-13,10-14)30(24,27)28/h3-6,13-15,18H,7-11H2,1-2H3,(H,25,26)(H2,24,27,28). The van der Waals surface area contributed by atoms with E-state index in [1.165, 1.54) is 12.1 Å². The lowest BCUT2D eigenvalue weighted by Crippen LogP contribution is -2.61.